The molecule has 2 rings (SSSR count). The molecule has 4 heteroatoms. The molecule has 1 unspecified atom stereocenters. The van der Waals surface area contributed by atoms with Crippen molar-refractivity contribution in [2.45, 2.75) is 12.2 Å². The second-order valence-electron chi connectivity index (χ2n) is 4.08. The van der Waals surface area contributed by atoms with Gasteiger partial charge in [0.15, 0.2) is 0 Å². The largest absolute Gasteiger partial charge is 0.371 e. The van der Waals surface area contributed by atoms with Gasteiger partial charge in [-0.1, -0.05) is 12.1 Å². The van der Waals surface area contributed by atoms with Crippen molar-refractivity contribution in [3.05, 3.63) is 24.3 Å². The molecular weight excluding hydrogens is 220 g/mol. The molecule has 0 N–H and O–H groups in total. The number of carbonyl (C=O) groups is 1. The summed E-state index contributed by atoms with van der Waals surface area (Å²) < 4.78 is 0. The van der Waals surface area contributed by atoms with Gasteiger partial charge in [0.05, 0.1) is 16.6 Å². The highest BCUT2D eigenvalue weighted by Gasteiger charge is 2.26. The Hall–Kier alpha value is -1.16. The van der Waals surface area contributed by atoms with Gasteiger partial charge in [-0.2, -0.15) is 12.6 Å². The first-order valence-corrected chi connectivity index (χ1v) is 5.92. The fourth-order valence-electron chi connectivity index (χ4n) is 1.96. The number of hydrogen-bond acceptors (Lipinski definition) is 3. The van der Waals surface area contributed by atoms with E-state index in [1.807, 2.05) is 43.1 Å². The van der Waals surface area contributed by atoms with E-state index < -0.39 is 0 Å². The summed E-state index contributed by atoms with van der Waals surface area (Å²) in [6.07, 6.45) is 0. The molecule has 0 saturated heterocycles. The quantitative estimate of drug-likeness (QED) is 0.751. The first kappa shape index (κ1) is 11.3. The zero-order valence-corrected chi connectivity index (χ0v) is 10.4. The highest BCUT2D eigenvalue weighted by atomic mass is 32.1. The summed E-state index contributed by atoms with van der Waals surface area (Å²) in [5, 5.41) is -0.253. The molecule has 0 bridgehead atoms. The van der Waals surface area contributed by atoms with Crippen LogP contribution in [0.25, 0.3) is 0 Å². The summed E-state index contributed by atoms with van der Waals surface area (Å²) in [6.45, 7) is 3.41. The van der Waals surface area contributed by atoms with E-state index in [0.717, 1.165) is 24.5 Å². The van der Waals surface area contributed by atoms with E-state index in [1.54, 1.807) is 0 Å². The van der Waals surface area contributed by atoms with Gasteiger partial charge in [-0.05, 0) is 19.1 Å². The van der Waals surface area contributed by atoms with Gasteiger partial charge in [0.25, 0.3) is 0 Å². The SMILES string of the molecule is CC(S)C(=O)N1CCN(C)c2ccccc21. The van der Waals surface area contributed by atoms with Gasteiger partial charge in [0, 0.05) is 20.1 Å². The van der Waals surface area contributed by atoms with Gasteiger partial charge >= 0.3 is 0 Å². The van der Waals surface area contributed by atoms with E-state index in [4.69, 9.17) is 0 Å². The third kappa shape index (κ3) is 1.89. The van der Waals surface area contributed by atoms with Crippen molar-refractivity contribution >= 4 is 29.9 Å². The Kier molecular flexibility index (Phi) is 3.10. The van der Waals surface area contributed by atoms with E-state index in [1.165, 1.54) is 0 Å². The number of fused-ring (bicyclic) bond motifs is 1. The van der Waals surface area contributed by atoms with Crippen LogP contribution < -0.4 is 9.80 Å². The lowest BCUT2D eigenvalue weighted by Crippen LogP contribution is -2.45. The molecule has 0 radical (unpaired) electrons. The van der Waals surface area contributed by atoms with Crippen LogP contribution in [0.5, 0.6) is 0 Å². The van der Waals surface area contributed by atoms with Crippen LogP contribution in [-0.4, -0.2) is 31.3 Å². The molecule has 1 aromatic carbocycles. The van der Waals surface area contributed by atoms with Crippen LogP contribution in [0.15, 0.2) is 24.3 Å². The summed E-state index contributed by atoms with van der Waals surface area (Å²) in [5.41, 5.74) is 2.10. The monoisotopic (exact) mass is 236 g/mol. The lowest BCUT2D eigenvalue weighted by atomic mass is 10.1. The fraction of sp³-hybridized carbons (Fsp3) is 0.417. The third-order valence-electron chi connectivity index (χ3n) is 2.87. The Labute approximate surface area is 101 Å². The first-order valence-electron chi connectivity index (χ1n) is 5.41. The first-order chi connectivity index (χ1) is 7.61. The summed E-state index contributed by atoms with van der Waals surface area (Å²) in [7, 11) is 2.05. The molecule has 16 heavy (non-hydrogen) atoms. The molecule has 1 aliphatic heterocycles. The van der Waals surface area contributed by atoms with Crippen molar-refractivity contribution in [3.63, 3.8) is 0 Å². The molecule has 3 nitrogen and oxygen atoms in total. The number of anilines is 2. The normalized spacial score (nSPS) is 16.9. The number of rotatable bonds is 1. The van der Waals surface area contributed by atoms with Gasteiger partial charge in [-0.25, -0.2) is 0 Å². The highest BCUT2D eigenvalue weighted by Crippen LogP contribution is 2.32. The maximum Gasteiger partial charge on any atom is 0.239 e. The van der Waals surface area contributed by atoms with E-state index in [0.29, 0.717) is 0 Å². The predicted molar refractivity (Wildman–Crippen MR) is 70.5 cm³/mol. The van der Waals surface area contributed by atoms with Crippen LogP contribution in [0.3, 0.4) is 0 Å². The standard InChI is InChI=1S/C12H16N2OS/c1-9(16)12(15)14-8-7-13(2)10-5-3-4-6-11(10)14/h3-6,9,16H,7-8H2,1-2H3. The Balaban J connectivity index is 2.38. The minimum absolute atomic E-state index is 0.0730. The van der Waals surface area contributed by atoms with Gasteiger partial charge < -0.3 is 9.80 Å². The van der Waals surface area contributed by atoms with Crippen LogP contribution in [0.4, 0.5) is 11.4 Å². The van der Waals surface area contributed by atoms with Gasteiger partial charge in [0.2, 0.25) is 5.91 Å². The number of para-hydroxylation sites is 2. The molecule has 0 aromatic heterocycles. The lowest BCUT2D eigenvalue weighted by molar-refractivity contribution is -0.117. The van der Waals surface area contributed by atoms with E-state index >= 15 is 0 Å². The fourth-order valence-corrected chi connectivity index (χ4v) is 2.10. The summed E-state index contributed by atoms with van der Waals surface area (Å²) in [6, 6.07) is 7.98. The molecular formula is C12H16N2OS. The molecule has 0 fully saturated rings. The van der Waals surface area contributed by atoms with Crippen LogP contribution >= 0.6 is 12.6 Å². The van der Waals surface area contributed by atoms with Gasteiger partial charge in [-0.15, -0.1) is 0 Å². The predicted octanol–water partition coefficient (Wildman–Crippen LogP) is 1.79. The number of thiol groups is 1. The molecule has 1 aliphatic rings. The van der Waals surface area contributed by atoms with E-state index in [-0.39, 0.29) is 11.2 Å². The molecule has 0 aliphatic carbocycles. The molecule has 1 aromatic rings. The third-order valence-corrected chi connectivity index (χ3v) is 3.09. The number of benzene rings is 1. The number of likely N-dealkylation sites (N-methyl/N-ethyl adjacent to an activating group) is 1. The highest BCUT2D eigenvalue weighted by molar-refractivity contribution is 7.81. The average molecular weight is 236 g/mol. The van der Waals surface area contributed by atoms with Crippen molar-refractivity contribution in [3.8, 4) is 0 Å². The van der Waals surface area contributed by atoms with Crippen LogP contribution in [0, 0.1) is 0 Å². The minimum atomic E-state index is -0.253. The summed E-state index contributed by atoms with van der Waals surface area (Å²) >= 11 is 4.21. The van der Waals surface area contributed by atoms with Crippen molar-refractivity contribution < 1.29 is 4.79 Å². The van der Waals surface area contributed by atoms with Gasteiger partial charge in [-0.3, -0.25) is 4.79 Å². The maximum absolute atomic E-state index is 12.0. The average Bonchev–Trinajstić information content (AvgIpc) is 2.29. The second kappa shape index (κ2) is 4.37. The Morgan fingerprint density at radius 1 is 1.31 bits per heavy atom. The zero-order chi connectivity index (χ0) is 11.7. The number of carbonyl (C=O) groups excluding carboxylic acids is 1. The van der Waals surface area contributed by atoms with Crippen molar-refractivity contribution in [1.29, 1.82) is 0 Å². The summed E-state index contributed by atoms with van der Waals surface area (Å²) in [4.78, 5) is 16.0. The Bertz CT molecular complexity index is 406. The second-order valence-corrected chi connectivity index (χ2v) is 4.85. The summed E-state index contributed by atoms with van der Waals surface area (Å²) in [5.74, 6) is 0.0730. The number of amides is 1. The Morgan fingerprint density at radius 2 is 1.94 bits per heavy atom. The zero-order valence-electron chi connectivity index (χ0n) is 9.55. The lowest BCUT2D eigenvalue weighted by Gasteiger charge is -2.36. The molecule has 86 valence electrons. The van der Waals surface area contributed by atoms with Crippen LogP contribution in [0.1, 0.15) is 6.92 Å². The topological polar surface area (TPSA) is 23.6 Å². The van der Waals surface area contributed by atoms with Crippen LogP contribution in [-0.2, 0) is 4.79 Å². The molecule has 0 saturated carbocycles. The van der Waals surface area contributed by atoms with Crippen LogP contribution in [0.2, 0.25) is 0 Å². The van der Waals surface area contributed by atoms with Crippen molar-refractivity contribution in [2.75, 3.05) is 29.9 Å². The Morgan fingerprint density at radius 3 is 2.56 bits per heavy atom. The van der Waals surface area contributed by atoms with Crippen molar-refractivity contribution in [2.24, 2.45) is 0 Å². The van der Waals surface area contributed by atoms with Gasteiger partial charge in [0.1, 0.15) is 0 Å². The minimum Gasteiger partial charge on any atom is -0.371 e. The molecule has 1 amide bonds. The van der Waals surface area contributed by atoms with Crippen molar-refractivity contribution in [1.82, 2.24) is 0 Å². The molecule has 1 atom stereocenters. The maximum atomic E-state index is 12.0. The number of nitrogens with zero attached hydrogens (tertiary/aromatic N) is 2. The smallest absolute Gasteiger partial charge is 0.239 e. The van der Waals surface area contributed by atoms with E-state index in [9.17, 15) is 4.79 Å². The van der Waals surface area contributed by atoms with E-state index in [2.05, 4.69) is 17.5 Å². The molecule has 0 spiro atoms. The number of hydrogen-bond donors (Lipinski definition) is 1. The molecule has 1 heterocycles.